The monoisotopic (exact) mass is 424 g/mol. The predicted octanol–water partition coefficient (Wildman–Crippen LogP) is 3.87. The number of halogens is 2. The zero-order chi connectivity index (χ0) is 17.1. The van der Waals surface area contributed by atoms with E-state index in [0.29, 0.717) is 12.3 Å². The topological polar surface area (TPSA) is 50.4 Å². The first-order valence-corrected chi connectivity index (χ1v) is 8.84. The standard InChI is InChI=1S/C19H21BrN2O2.ClH/c1-12-3-6-18(17(20)7-12)24-13(2)19(23)22-9-14-4-5-15-10-21-11-16(15)8-14;/h3-8,13,21H,9-11H2,1-2H3,(H,22,23);1H. The first-order valence-electron chi connectivity index (χ1n) is 8.05. The summed E-state index contributed by atoms with van der Waals surface area (Å²) in [6.45, 7) is 6.11. The van der Waals surface area contributed by atoms with Crippen LogP contribution in [0.4, 0.5) is 0 Å². The van der Waals surface area contributed by atoms with Crippen molar-refractivity contribution in [2.24, 2.45) is 0 Å². The van der Waals surface area contributed by atoms with E-state index in [-0.39, 0.29) is 18.3 Å². The number of carbonyl (C=O) groups excluding carboxylic acids is 1. The summed E-state index contributed by atoms with van der Waals surface area (Å²) in [4.78, 5) is 12.3. The van der Waals surface area contributed by atoms with Crippen LogP contribution in [-0.2, 0) is 24.4 Å². The highest BCUT2D eigenvalue weighted by atomic mass is 79.9. The molecule has 0 fully saturated rings. The number of aryl methyl sites for hydroxylation is 1. The van der Waals surface area contributed by atoms with Gasteiger partial charge in [0.1, 0.15) is 5.75 Å². The SMILES string of the molecule is Cc1ccc(OC(C)C(=O)NCc2ccc3c(c2)CNC3)c(Br)c1.Cl. The van der Waals surface area contributed by atoms with E-state index >= 15 is 0 Å². The van der Waals surface area contributed by atoms with Gasteiger partial charge in [-0.3, -0.25) is 4.79 Å². The molecule has 0 aliphatic carbocycles. The Bertz CT molecular complexity index is 767. The lowest BCUT2D eigenvalue weighted by atomic mass is 10.1. The molecule has 4 nitrogen and oxygen atoms in total. The Labute approximate surface area is 162 Å². The largest absolute Gasteiger partial charge is 0.480 e. The van der Waals surface area contributed by atoms with E-state index in [1.165, 1.54) is 11.1 Å². The van der Waals surface area contributed by atoms with Gasteiger partial charge in [-0.15, -0.1) is 12.4 Å². The number of hydrogen-bond acceptors (Lipinski definition) is 3. The molecule has 2 aromatic rings. The van der Waals surface area contributed by atoms with Gasteiger partial charge in [-0.05, 0) is 64.2 Å². The summed E-state index contributed by atoms with van der Waals surface area (Å²) in [6, 6.07) is 12.1. The van der Waals surface area contributed by atoms with Crippen molar-refractivity contribution in [1.82, 2.24) is 10.6 Å². The molecule has 1 atom stereocenters. The molecule has 2 N–H and O–H groups in total. The number of ether oxygens (including phenoxy) is 1. The fraction of sp³-hybridized carbons (Fsp3) is 0.316. The van der Waals surface area contributed by atoms with Gasteiger partial charge < -0.3 is 15.4 Å². The Balaban J connectivity index is 0.00000225. The van der Waals surface area contributed by atoms with Gasteiger partial charge in [0, 0.05) is 19.6 Å². The van der Waals surface area contributed by atoms with E-state index in [9.17, 15) is 4.79 Å². The van der Waals surface area contributed by atoms with Crippen LogP contribution in [0.1, 0.15) is 29.2 Å². The second kappa shape index (κ2) is 8.70. The van der Waals surface area contributed by atoms with Crippen LogP contribution in [0.25, 0.3) is 0 Å². The molecule has 1 aliphatic heterocycles. The molecule has 25 heavy (non-hydrogen) atoms. The Morgan fingerprint density at radius 3 is 2.76 bits per heavy atom. The summed E-state index contributed by atoms with van der Waals surface area (Å²) >= 11 is 3.47. The average Bonchev–Trinajstić information content (AvgIpc) is 3.02. The molecule has 0 bridgehead atoms. The maximum absolute atomic E-state index is 12.3. The Kier molecular flexibility index (Phi) is 6.87. The van der Waals surface area contributed by atoms with Gasteiger partial charge >= 0.3 is 0 Å². The summed E-state index contributed by atoms with van der Waals surface area (Å²) in [7, 11) is 0. The van der Waals surface area contributed by atoms with Gasteiger partial charge in [-0.1, -0.05) is 24.3 Å². The molecule has 3 rings (SSSR count). The first kappa shape index (κ1) is 19.8. The van der Waals surface area contributed by atoms with Crippen molar-refractivity contribution in [3.8, 4) is 5.75 Å². The van der Waals surface area contributed by atoms with Crippen molar-refractivity contribution in [3.63, 3.8) is 0 Å². The molecule has 1 unspecified atom stereocenters. The van der Waals surface area contributed by atoms with Crippen molar-refractivity contribution in [2.75, 3.05) is 0 Å². The Morgan fingerprint density at radius 2 is 2.00 bits per heavy atom. The van der Waals surface area contributed by atoms with Crippen molar-refractivity contribution < 1.29 is 9.53 Å². The van der Waals surface area contributed by atoms with Gasteiger partial charge in [0.15, 0.2) is 6.10 Å². The molecule has 1 heterocycles. The zero-order valence-electron chi connectivity index (χ0n) is 14.3. The van der Waals surface area contributed by atoms with Crippen LogP contribution in [0.5, 0.6) is 5.75 Å². The number of hydrogen-bond donors (Lipinski definition) is 2. The number of rotatable bonds is 5. The number of nitrogens with one attached hydrogen (secondary N) is 2. The Hall–Kier alpha value is -1.56. The second-order valence-electron chi connectivity index (χ2n) is 6.12. The van der Waals surface area contributed by atoms with E-state index in [1.54, 1.807) is 6.92 Å². The highest BCUT2D eigenvalue weighted by Gasteiger charge is 2.16. The van der Waals surface area contributed by atoms with Crippen LogP contribution in [-0.4, -0.2) is 12.0 Å². The van der Waals surface area contributed by atoms with Gasteiger partial charge in [0.2, 0.25) is 0 Å². The molecule has 0 saturated heterocycles. The van der Waals surface area contributed by atoms with Crippen molar-refractivity contribution in [2.45, 2.75) is 39.6 Å². The number of fused-ring (bicyclic) bond motifs is 1. The number of carbonyl (C=O) groups is 1. The molecule has 0 saturated carbocycles. The van der Waals surface area contributed by atoms with Crippen molar-refractivity contribution >= 4 is 34.2 Å². The van der Waals surface area contributed by atoms with Crippen LogP contribution in [0, 0.1) is 6.92 Å². The molecular weight excluding hydrogens is 404 g/mol. The summed E-state index contributed by atoms with van der Waals surface area (Å²) in [5.74, 6) is 0.549. The van der Waals surface area contributed by atoms with E-state index in [1.807, 2.05) is 25.1 Å². The molecule has 0 aromatic heterocycles. The molecule has 134 valence electrons. The van der Waals surface area contributed by atoms with Crippen molar-refractivity contribution in [1.29, 1.82) is 0 Å². The average molecular weight is 426 g/mol. The lowest BCUT2D eigenvalue weighted by molar-refractivity contribution is -0.127. The summed E-state index contributed by atoms with van der Waals surface area (Å²) in [6.07, 6.45) is -0.555. The summed E-state index contributed by atoms with van der Waals surface area (Å²) < 4.78 is 6.61. The number of amides is 1. The zero-order valence-corrected chi connectivity index (χ0v) is 16.7. The molecule has 6 heteroatoms. The van der Waals surface area contributed by atoms with E-state index in [0.717, 1.165) is 28.7 Å². The summed E-state index contributed by atoms with van der Waals surface area (Å²) in [5.41, 5.74) is 4.90. The fourth-order valence-corrected chi connectivity index (χ4v) is 3.32. The van der Waals surface area contributed by atoms with Crippen LogP contribution in [0.2, 0.25) is 0 Å². The lowest BCUT2D eigenvalue weighted by Gasteiger charge is -2.16. The molecule has 0 spiro atoms. The van der Waals surface area contributed by atoms with Crippen LogP contribution in [0.15, 0.2) is 40.9 Å². The quantitative estimate of drug-likeness (QED) is 0.765. The van der Waals surface area contributed by atoms with Crippen LogP contribution in [0.3, 0.4) is 0 Å². The lowest BCUT2D eigenvalue weighted by Crippen LogP contribution is -2.36. The first-order chi connectivity index (χ1) is 11.5. The highest BCUT2D eigenvalue weighted by Crippen LogP contribution is 2.26. The normalized spacial score (nSPS) is 13.6. The third-order valence-electron chi connectivity index (χ3n) is 4.13. The minimum absolute atomic E-state index is 0. The minimum Gasteiger partial charge on any atom is -0.480 e. The molecule has 1 aliphatic rings. The van der Waals surface area contributed by atoms with Crippen molar-refractivity contribution in [3.05, 3.63) is 63.1 Å². The minimum atomic E-state index is -0.555. The van der Waals surface area contributed by atoms with E-state index < -0.39 is 6.10 Å². The summed E-state index contributed by atoms with van der Waals surface area (Å²) in [5, 5.41) is 6.26. The third kappa shape index (κ3) is 4.97. The fourth-order valence-electron chi connectivity index (χ4n) is 2.74. The van der Waals surface area contributed by atoms with Crippen LogP contribution < -0.4 is 15.4 Å². The third-order valence-corrected chi connectivity index (χ3v) is 4.75. The van der Waals surface area contributed by atoms with Gasteiger partial charge in [0.25, 0.3) is 5.91 Å². The molecule has 1 amide bonds. The van der Waals surface area contributed by atoms with Crippen LogP contribution >= 0.6 is 28.3 Å². The maximum atomic E-state index is 12.3. The van der Waals surface area contributed by atoms with Gasteiger partial charge in [-0.2, -0.15) is 0 Å². The molecule has 2 aromatic carbocycles. The van der Waals surface area contributed by atoms with Gasteiger partial charge in [0.05, 0.1) is 4.47 Å². The highest BCUT2D eigenvalue weighted by molar-refractivity contribution is 9.10. The number of benzene rings is 2. The molecule has 0 radical (unpaired) electrons. The Morgan fingerprint density at radius 1 is 1.24 bits per heavy atom. The second-order valence-corrected chi connectivity index (χ2v) is 6.97. The van der Waals surface area contributed by atoms with Gasteiger partial charge in [-0.25, -0.2) is 0 Å². The molecular formula is C19H22BrClN2O2. The van der Waals surface area contributed by atoms with E-state index in [2.05, 4.69) is 44.8 Å². The predicted molar refractivity (Wildman–Crippen MR) is 105 cm³/mol. The smallest absolute Gasteiger partial charge is 0.261 e. The van der Waals surface area contributed by atoms with E-state index in [4.69, 9.17) is 4.74 Å². The maximum Gasteiger partial charge on any atom is 0.261 e.